The number of aryl methyl sites for hydroxylation is 1. The average molecular weight is 367 g/mol. The number of amides is 1. The van der Waals surface area contributed by atoms with Crippen molar-refractivity contribution in [2.45, 2.75) is 44.7 Å². The Hall–Kier alpha value is -2.33. The SMILES string of the molecule is COc1cccc(CN2CCC(NC(=O)CCCc3ccccc3)CC2)c1. The van der Waals surface area contributed by atoms with Gasteiger partial charge in [0, 0.05) is 32.1 Å². The number of carbonyl (C=O) groups is 1. The molecule has 2 aromatic rings. The molecule has 0 saturated carbocycles. The first-order valence-electron chi connectivity index (χ1n) is 9.91. The molecular formula is C23H30N2O2. The standard InChI is InChI=1S/C23H30N2O2/c1-27-22-11-5-10-20(17-22)18-25-15-13-21(14-16-25)24-23(26)12-6-9-19-7-3-2-4-8-19/h2-5,7-8,10-11,17,21H,6,9,12-16,18H2,1H3,(H,24,26). The van der Waals surface area contributed by atoms with Crippen LogP contribution in [0.4, 0.5) is 0 Å². The number of carbonyl (C=O) groups excluding carboxylic acids is 1. The lowest BCUT2D eigenvalue weighted by Gasteiger charge is -2.32. The van der Waals surface area contributed by atoms with Gasteiger partial charge in [0.15, 0.2) is 0 Å². The molecule has 27 heavy (non-hydrogen) atoms. The highest BCUT2D eigenvalue weighted by molar-refractivity contribution is 5.76. The van der Waals surface area contributed by atoms with Gasteiger partial charge in [0.2, 0.25) is 5.91 Å². The highest BCUT2D eigenvalue weighted by Crippen LogP contribution is 2.17. The monoisotopic (exact) mass is 366 g/mol. The van der Waals surface area contributed by atoms with Crippen molar-refractivity contribution < 1.29 is 9.53 Å². The molecular weight excluding hydrogens is 336 g/mol. The summed E-state index contributed by atoms with van der Waals surface area (Å²) in [6.45, 7) is 2.98. The van der Waals surface area contributed by atoms with E-state index in [1.807, 2.05) is 18.2 Å². The van der Waals surface area contributed by atoms with Gasteiger partial charge in [-0.3, -0.25) is 9.69 Å². The van der Waals surface area contributed by atoms with Gasteiger partial charge in [0.25, 0.3) is 0 Å². The zero-order valence-corrected chi connectivity index (χ0v) is 16.2. The Morgan fingerprint density at radius 2 is 1.81 bits per heavy atom. The van der Waals surface area contributed by atoms with E-state index in [2.05, 4.69) is 46.6 Å². The first kappa shape index (κ1) is 19.4. The van der Waals surface area contributed by atoms with Gasteiger partial charge in [0.05, 0.1) is 7.11 Å². The number of methoxy groups -OCH3 is 1. The van der Waals surface area contributed by atoms with Gasteiger partial charge in [-0.15, -0.1) is 0 Å². The first-order valence-corrected chi connectivity index (χ1v) is 9.91. The van der Waals surface area contributed by atoms with E-state index < -0.39 is 0 Å². The van der Waals surface area contributed by atoms with E-state index in [1.54, 1.807) is 7.11 Å². The predicted octanol–water partition coefficient (Wildman–Crippen LogP) is 3.80. The number of rotatable bonds is 8. The maximum absolute atomic E-state index is 12.2. The van der Waals surface area contributed by atoms with Crippen molar-refractivity contribution in [2.75, 3.05) is 20.2 Å². The van der Waals surface area contributed by atoms with Crippen LogP contribution in [0.15, 0.2) is 54.6 Å². The van der Waals surface area contributed by atoms with Crippen molar-refractivity contribution in [1.29, 1.82) is 0 Å². The molecule has 4 heteroatoms. The Kier molecular flexibility index (Phi) is 7.28. The number of piperidine rings is 1. The lowest BCUT2D eigenvalue weighted by atomic mass is 10.0. The highest BCUT2D eigenvalue weighted by Gasteiger charge is 2.20. The third-order valence-corrected chi connectivity index (χ3v) is 5.21. The summed E-state index contributed by atoms with van der Waals surface area (Å²) in [5, 5.41) is 3.22. The van der Waals surface area contributed by atoms with E-state index in [0.717, 1.165) is 51.1 Å². The minimum absolute atomic E-state index is 0.192. The van der Waals surface area contributed by atoms with Crippen LogP contribution in [0.3, 0.4) is 0 Å². The molecule has 0 atom stereocenters. The van der Waals surface area contributed by atoms with E-state index in [9.17, 15) is 4.79 Å². The quantitative estimate of drug-likeness (QED) is 0.773. The molecule has 0 radical (unpaired) electrons. The van der Waals surface area contributed by atoms with Gasteiger partial charge in [-0.1, -0.05) is 42.5 Å². The van der Waals surface area contributed by atoms with Crippen LogP contribution in [-0.4, -0.2) is 37.0 Å². The van der Waals surface area contributed by atoms with Crippen LogP contribution in [0.1, 0.15) is 36.8 Å². The molecule has 0 bridgehead atoms. The third kappa shape index (κ3) is 6.40. The number of nitrogens with zero attached hydrogens (tertiary/aromatic N) is 1. The van der Waals surface area contributed by atoms with E-state index in [-0.39, 0.29) is 5.91 Å². The normalized spacial score (nSPS) is 15.4. The second-order valence-electron chi connectivity index (χ2n) is 7.31. The van der Waals surface area contributed by atoms with E-state index in [4.69, 9.17) is 4.74 Å². The average Bonchev–Trinajstić information content (AvgIpc) is 2.70. The largest absolute Gasteiger partial charge is 0.497 e. The fraction of sp³-hybridized carbons (Fsp3) is 0.435. The molecule has 1 heterocycles. The lowest BCUT2D eigenvalue weighted by Crippen LogP contribution is -2.44. The number of likely N-dealkylation sites (tertiary alicyclic amines) is 1. The van der Waals surface area contributed by atoms with E-state index >= 15 is 0 Å². The van der Waals surface area contributed by atoms with Gasteiger partial charge in [-0.05, 0) is 48.9 Å². The summed E-state index contributed by atoms with van der Waals surface area (Å²) < 4.78 is 5.30. The van der Waals surface area contributed by atoms with Gasteiger partial charge >= 0.3 is 0 Å². The van der Waals surface area contributed by atoms with Crippen LogP contribution in [0.5, 0.6) is 5.75 Å². The first-order chi connectivity index (χ1) is 13.2. The summed E-state index contributed by atoms with van der Waals surface area (Å²) in [7, 11) is 1.70. The molecule has 2 aromatic carbocycles. The van der Waals surface area contributed by atoms with Crippen LogP contribution in [-0.2, 0) is 17.8 Å². The number of benzene rings is 2. The van der Waals surface area contributed by atoms with Crippen molar-refractivity contribution >= 4 is 5.91 Å². The molecule has 0 unspecified atom stereocenters. The molecule has 1 amide bonds. The Labute approximate surface area is 162 Å². The Balaban J connectivity index is 1.34. The van der Waals surface area contributed by atoms with E-state index in [0.29, 0.717) is 12.5 Å². The van der Waals surface area contributed by atoms with Crippen molar-refractivity contribution in [2.24, 2.45) is 0 Å². The molecule has 1 aliphatic heterocycles. The van der Waals surface area contributed by atoms with Crippen molar-refractivity contribution in [3.63, 3.8) is 0 Å². The molecule has 4 nitrogen and oxygen atoms in total. The second-order valence-corrected chi connectivity index (χ2v) is 7.31. The number of nitrogens with one attached hydrogen (secondary N) is 1. The van der Waals surface area contributed by atoms with Crippen LogP contribution < -0.4 is 10.1 Å². The summed E-state index contributed by atoms with van der Waals surface area (Å²) in [5.41, 5.74) is 2.58. The molecule has 144 valence electrons. The summed E-state index contributed by atoms with van der Waals surface area (Å²) in [5.74, 6) is 1.10. The van der Waals surface area contributed by atoms with Gasteiger partial charge < -0.3 is 10.1 Å². The Morgan fingerprint density at radius 1 is 1.07 bits per heavy atom. The predicted molar refractivity (Wildman–Crippen MR) is 109 cm³/mol. The minimum atomic E-state index is 0.192. The van der Waals surface area contributed by atoms with Gasteiger partial charge in [-0.25, -0.2) is 0 Å². The maximum Gasteiger partial charge on any atom is 0.220 e. The lowest BCUT2D eigenvalue weighted by molar-refractivity contribution is -0.122. The summed E-state index contributed by atoms with van der Waals surface area (Å²) in [4.78, 5) is 14.7. The molecule has 1 fully saturated rings. The van der Waals surface area contributed by atoms with Crippen molar-refractivity contribution in [3.05, 3.63) is 65.7 Å². The van der Waals surface area contributed by atoms with Crippen molar-refractivity contribution in [3.8, 4) is 5.75 Å². The topological polar surface area (TPSA) is 41.6 Å². The Morgan fingerprint density at radius 3 is 2.56 bits per heavy atom. The molecule has 1 saturated heterocycles. The summed E-state index contributed by atoms with van der Waals surface area (Å²) >= 11 is 0. The zero-order chi connectivity index (χ0) is 18.9. The molecule has 3 rings (SSSR count). The van der Waals surface area contributed by atoms with Crippen LogP contribution in [0.2, 0.25) is 0 Å². The maximum atomic E-state index is 12.2. The summed E-state index contributed by atoms with van der Waals surface area (Å²) in [6.07, 6.45) is 4.53. The summed E-state index contributed by atoms with van der Waals surface area (Å²) in [6, 6.07) is 18.9. The van der Waals surface area contributed by atoms with Gasteiger partial charge in [-0.2, -0.15) is 0 Å². The third-order valence-electron chi connectivity index (χ3n) is 5.21. The van der Waals surface area contributed by atoms with Crippen LogP contribution >= 0.6 is 0 Å². The number of hydrogen-bond donors (Lipinski definition) is 1. The Bertz CT molecular complexity index is 709. The fourth-order valence-electron chi connectivity index (χ4n) is 3.66. The zero-order valence-electron chi connectivity index (χ0n) is 16.2. The van der Waals surface area contributed by atoms with E-state index in [1.165, 1.54) is 11.1 Å². The fourth-order valence-corrected chi connectivity index (χ4v) is 3.66. The molecule has 0 aliphatic carbocycles. The smallest absolute Gasteiger partial charge is 0.220 e. The minimum Gasteiger partial charge on any atom is -0.497 e. The number of hydrogen-bond acceptors (Lipinski definition) is 3. The molecule has 1 aliphatic rings. The van der Waals surface area contributed by atoms with Gasteiger partial charge in [0.1, 0.15) is 5.75 Å². The molecule has 1 N–H and O–H groups in total. The highest BCUT2D eigenvalue weighted by atomic mass is 16.5. The number of ether oxygens (including phenoxy) is 1. The second kappa shape index (κ2) is 10.1. The molecule has 0 aromatic heterocycles. The molecule has 0 spiro atoms. The van der Waals surface area contributed by atoms with Crippen LogP contribution in [0.25, 0.3) is 0 Å². The van der Waals surface area contributed by atoms with Crippen molar-refractivity contribution in [1.82, 2.24) is 10.2 Å². The van der Waals surface area contributed by atoms with Crippen LogP contribution in [0, 0.1) is 0 Å².